The first-order valence-corrected chi connectivity index (χ1v) is 8.95. The highest BCUT2D eigenvalue weighted by molar-refractivity contribution is 8.26. The molecule has 0 unspecified atom stereocenters. The highest BCUT2D eigenvalue weighted by Gasteiger charge is 2.31. The molecule has 1 fully saturated rings. The Labute approximate surface area is 151 Å². The fourth-order valence-corrected chi connectivity index (χ4v) is 3.83. The molecule has 0 aromatic heterocycles. The van der Waals surface area contributed by atoms with Gasteiger partial charge in [-0.25, -0.2) is 0 Å². The van der Waals surface area contributed by atoms with Gasteiger partial charge in [-0.3, -0.25) is 9.69 Å². The fourth-order valence-electron chi connectivity index (χ4n) is 2.53. The lowest BCUT2D eigenvalue weighted by molar-refractivity contribution is -0.122. The molecule has 122 valence electrons. The minimum atomic E-state index is -0.0821. The van der Waals surface area contributed by atoms with Gasteiger partial charge >= 0.3 is 0 Å². The van der Waals surface area contributed by atoms with Gasteiger partial charge in [0.15, 0.2) is 0 Å². The Morgan fingerprint density at radius 2 is 1.79 bits per heavy atom. The molecule has 3 rings (SSSR count). The zero-order chi connectivity index (χ0) is 16.9. The van der Waals surface area contributed by atoms with Crippen molar-refractivity contribution in [2.24, 2.45) is 0 Å². The van der Waals surface area contributed by atoms with E-state index in [9.17, 15) is 9.90 Å². The molecule has 5 heteroatoms. The Morgan fingerprint density at radius 3 is 2.54 bits per heavy atom. The number of carbonyl (C=O) groups is 1. The number of aromatic hydroxyl groups is 1. The van der Waals surface area contributed by atoms with Crippen molar-refractivity contribution in [3.05, 3.63) is 70.6 Å². The summed E-state index contributed by atoms with van der Waals surface area (Å²) in [6.45, 7) is 0.609. The average molecular weight is 355 g/mol. The maximum Gasteiger partial charge on any atom is 0.266 e. The molecule has 24 heavy (non-hydrogen) atoms. The van der Waals surface area contributed by atoms with E-state index in [-0.39, 0.29) is 11.7 Å². The van der Waals surface area contributed by atoms with Gasteiger partial charge in [-0.1, -0.05) is 72.5 Å². The number of amides is 1. The molecule has 1 amide bonds. The third-order valence-corrected chi connectivity index (χ3v) is 5.16. The van der Waals surface area contributed by atoms with E-state index >= 15 is 0 Å². The van der Waals surface area contributed by atoms with E-state index in [1.807, 2.05) is 24.3 Å². The van der Waals surface area contributed by atoms with Gasteiger partial charge in [-0.05, 0) is 30.5 Å². The molecule has 1 N–H and O–H groups in total. The van der Waals surface area contributed by atoms with Crippen LogP contribution >= 0.6 is 24.0 Å². The molecule has 2 aromatic rings. The van der Waals surface area contributed by atoms with Gasteiger partial charge in [0.1, 0.15) is 10.1 Å². The van der Waals surface area contributed by atoms with Gasteiger partial charge < -0.3 is 5.11 Å². The van der Waals surface area contributed by atoms with E-state index in [1.165, 1.54) is 17.3 Å². The summed E-state index contributed by atoms with van der Waals surface area (Å²) in [6.07, 6.45) is 3.47. The van der Waals surface area contributed by atoms with Crippen molar-refractivity contribution >= 4 is 40.3 Å². The monoisotopic (exact) mass is 355 g/mol. The van der Waals surface area contributed by atoms with E-state index in [1.54, 1.807) is 29.2 Å². The van der Waals surface area contributed by atoms with Crippen LogP contribution in [0.5, 0.6) is 5.75 Å². The number of thiocarbonyl (C=S) groups is 1. The number of benzene rings is 2. The topological polar surface area (TPSA) is 40.5 Å². The number of thioether (sulfide) groups is 1. The largest absolute Gasteiger partial charge is 0.507 e. The first-order chi connectivity index (χ1) is 11.6. The van der Waals surface area contributed by atoms with Crippen LogP contribution in [0.3, 0.4) is 0 Å². The van der Waals surface area contributed by atoms with Gasteiger partial charge in [-0.2, -0.15) is 0 Å². The molecule has 1 aliphatic heterocycles. The van der Waals surface area contributed by atoms with Crippen molar-refractivity contribution < 1.29 is 9.90 Å². The van der Waals surface area contributed by atoms with Crippen LogP contribution in [0.25, 0.3) is 6.08 Å². The molecule has 0 aliphatic carbocycles. The summed E-state index contributed by atoms with van der Waals surface area (Å²) in [5.74, 6) is 0.0770. The summed E-state index contributed by atoms with van der Waals surface area (Å²) in [5.41, 5.74) is 1.88. The molecule has 1 aliphatic rings. The Hall–Kier alpha value is -2.11. The van der Waals surface area contributed by atoms with Crippen LogP contribution in [0.15, 0.2) is 59.5 Å². The Bertz CT molecular complexity index is 787. The molecule has 1 heterocycles. The maximum atomic E-state index is 12.5. The van der Waals surface area contributed by atoms with Crippen LogP contribution in [0.2, 0.25) is 0 Å². The van der Waals surface area contributed by atoms with Crippen LogP contribution in [0.1, 0.15) is 17.5 Å². The third-order valence-electron chi connectivity index (χ3n) is 3.79. The summed E-state index contributed by atoms with van der Waals surface area (Å²) < 4.78 is 0.578. The first-order valence-electron chi connectivity index (χ1n) is 7.72. The Morgan fingerprint density at radius 1 is 1.08 bits per heavy atom. The lowest BCUT2D eigenvalue weighted by Gasteiger charge is -2.14. The molecule has 0 saturated carbocycles. The standard InChI is InChI=1S/C19H17NO2S2/c21-16-11-5-4-10-15(16)13-17-18(22)20(19(23)24-17)12-6-9-14-7-2-1-3-8-14/h1-5,7-8,10-11,13,21H,6,9,12H2/b17-13-. The van der Waals surface area contributed by atoms with Crippen molar-refractivity contribution in [1.82, 2.24) is 4.90 Å². The number of nitrogens with zero attached hydrogens (tertiary/aromatic N) is 1. The number of hydrogen-bond donors (Lipinski definition) is 1. The molecular formula is C19H17NO2S2. The van der Waals surface area contributed by atoms with Crippen LogP contribution in [0, 0.1) is 0 Å². The molecular weight excluding hydrogens is 338 g/mol. The highest BCUT2D eigenvalue weighted by atomic mass is 32.2. The van der Waals surface area contributed by atoms with Crippen molar-refractivity contribution in [3.8, 4) is 5.75 Å². The van der Waals surface area contributed by atoms with Crippen LogP contribution in [-0.2, 0) is 11.2 Å². The van der Waals surface area contributed by atoms with E-state index in [0.29, 0.717) is 21.3 Å². The van der Waals surface area contributed by atoms with E-state index in [4.69, 9.17) is 12.2 Å². The second-order valence-corrected chi connectivity index (χ2v) is 7.16. The number of hydrogen-bond acceptors (Lipinski definition) is 4. The predicted molar refractivity (Wildman–Crippen MR) is 103 cm³/mol. The lowest BCUT2D eigenvalue weighted by Crippen LogP contribution is -2.29. The van der Waals surface area contributed by atoms with Crippen molar-refractivity contribution in [2.45, 2.75) is 12.8 Å². The zero-order valence-corrected chi connectivity index (χ0v) is 14.6. The maximum absolute atomic E-state index is 12.5. The normalized spacial score (nSPS) is 16.2. The van der Waals surface area contributed by atoms with Gasteiger partial charge in [0.2, 0.25) is 0 Å². The van der Waals surface area contributed by atoms with Gasteiger partial charge in [0, 0.05) is 12.1 Å². The van der Waals surface area contributed by atoms with Crippen LogP contribution in [-0.4, -0.2) is 26.8 Å². The predicted octanol–water partition coefficient (Wildman–Crippen LogP) is 4.23. The molecule has 0 bridgehead atoms. The smallest absolute Gasteiger partial charge is 0.266 e. The Kier molecular flexibility index (Phi) is 5.33. The summed E-state index contributed by atoms with van der Waals surface area (Å²) in [4.78, 5) is 14.7. The number of phenolic OH excluding ortho intramolecular Hbond substituents is 1. The summed E-state index contributed by atoms with van der Waals surface area (Å²) in [7, 11) is 0. The minimum absolute atomic E-state index is 0.0821. The SMILES string of the molecule is O=C1/C(=C/c2ccccc2O)SC(=S)N1CCCc1ccccc1. The molecule has 0 radical (unpaired) electrons. The average Bonchev–Trinajstić information content (AvgIpc) is 2.85. The van der Waals surface area contributed by atoms with Gasteiger partial charge in [0.05, 0.1) is 4.91 Å². The first kappa shape index (κ1) is 16.7. The lowest BCUT2D eigenvalue weighted by atomic mass is 10.1. The van der Waals surface area contributed by atoms with Crippen molar-refractivity contribution in [2.75, 3.05) is 6.54 Å². The summed E-state index contributed by atoms with van der Waals surface area (Å²) in [6, 6.07) is 17.2. The molecule has 2 aromatic carbocycles. The molecule has 1 saturated heterocycles. The number of phenols is 1. The highest BCUT2D eigenvalue weighted by Crippen LogP contribution is 2.34. The molecule has 0 atom stereocenters. The quantitative estimate of drug-likeness (QED) is 0.644. The number of carbonyl (C=O) groups excluding carboxylic acids is 1. The van der Waals surface area contributed by atoms with Crippen LogP contribution < -0.4 is 0 Å². The van der Waals surface area contributed by atoms with E-state index in [2.05, 4.69) is 12.1 Å². The fraction of sp³-hybridized carbons (Fsp3) is 0.158. The second-order valence-electron chi connectivity index (χ2n) is 5.48. The summed E-state index contributed by atoms with van der Waals surface area (Å²) >= 11 is 6.63. The van der Waals surface area contributed by atoms with Gasteiger partial charge in [0.25, 0.3) is 5.91 Å². The molecule has 0 spiro atoms. The van der Waals surface area contributed by atoms with Crippen LogP contribution in [0.4, 0.5) is 0 Å². The summed E-state index contributed by atoms with van der Waals surface area (Å²) in [5, 5.41) is 9.84. The Balaban J connectivity index is 1.65. The van der Waals surface area contributed by atoms with E-state index in [0.717, 1.165) is 12.8 Å². The number of rotatable bonds is 5. The number of aryl methyl sites for hydroxylation is 1. The second kappa shape index (κ2) is 7.64. The third kappa shape index (κ3) is 3.86. The minimum Gasteiger partial charge on any atom is -0.507 e. The van der Waals surface area contributed by atoms with Crippen molar-refractivity contribution in [3.63, 3.8) is 0 Å². The number of para-hydroxylation sites is 1. The van der Waals surface area contributed by atoms with Gasteiger partial charge in [-0.15, -0.1) is 0 Å². The zero-order valence-electron chi connectivity index (χ0n) is 13.0. The van der Waals surface area contributed by atoms with E-state index < -0.39 is 0 Å². The molecule has 3 nitrogen and oxygen atoms in total. The van der Waals surface area contributed by atoms with Crippen molar-refractivity contribution in [1.29, 1.82) is 0 Å².